The number of hydrogen-bond acceptors (Lipinski definition) is 0. The van der Waals surface area contributed by atoms with Crippen molar-refractivity contribution in [2.45, 2.75) is 52.3 Å². The molecule has 0 N–H and O–H groups in total. The van der Waals surface area contributed by atoms with Crippen molar-refractivity contribution in [1.82, 2.24) is 0 Å². The van der Waals surface area contributed by atoms with Crippen molar-refractivity contribution >= 4 is 27.3 Å². The minimum Gasteiger partial charge on any atom is 0 e. The molecule has 2 heteroatoms. The van der Waals surface area contributed by atoms with Gasteiger partial charge in [-0.3, -0.25) is 0 Å². The fraction of sp³-hybridized carbons (Fsp3) is 1.00. The van der Waals surface area contributed by atoms with E-state index in [-0.39, 0.29) is 27.3 Å². The second-order valence-electron chi connectivity index (χ2n) is 8.83. The maximum atomic E-state index is 2.67. The minimum absolute atomic E-state index is 0. The van der Waals surface area contributed by atoms with E-state index in [4.69, 9.17) is 0 Å². The molecule has 0 rings (SSSR count). The van der Waals surface area contributed by atoms with Gasteiger partial charge in [-0.2, -0.15) is 0 Å². The Kier molecular flexibility index (Phi) is 5.64. The molecular weight excluding hydrogens is 528 g/mol. The van der Waals surface area contributed by atoms with Crippen LogP contribution in [0, 0.1) is 0 Å². The Morgan fingerprint density at radius 2 is 0.833 bits per heavy atom. The first-order chi connectivity index (χ1) is 4.80. The second kappa shape index (κ2) is 4.16. The molecule has 4 radical (unpaired) electrons. The summed E-state index contributed by atoms with van der Waals surface area (Å²) < 4.78 is 11.3. The normalized spacial score (nSPS) is 14.5. The molecule has 0 aliphatic carbocycles. The smallest absolute Gasteiger partial charge is 0 e. The summed E-state index contributed by atoms with van der Waals surface area (Å²) in [5.74, 6) is 0. The summed E-state index contributed by atoms with van der Waals surface area (Å²) in [6, 6.07) is 0. The van der Waals surface area contributed by atoms with Gasteiger partial charge in [-0.1, -0.05) is 0 Å². The molecule has 0 aromatic heterocycles. The van der Waals surface area contributed by atoms with E-state index >= 15 is 0 Å². The van der Waals surface area contributed by atoms with E-state index in [2.05, 4.69) is 36.6 Å². The van der Waals surface area contributed by atoms with Crippen LogP contribution in [0.4, 0.5) is 0 Å². The van der Waals surface area contributed by atoms with Crippen molar-refractivity contribution in [2.75, 3.05) is 0 Å². The summed E-state index contributed by atoms with van der Waals surface area (Å²) in [5.41, 5.74) is 0. The van der Waals surface area contributed by atoms with Crippen LogP contribution in [0.3, 0.4) is 0 Å². The van der Waals surface area contributed by atoms with Crippen LogP contribution >= 0.6 is 0 Å². The van der Waals surface area contributed by atoms with Crippen molar-refractivity contribution in [3.63, 3.8) is 0 Å². The largest absolute Gasteiger partial charge is 0 e. The zero-order chi connectivity index (χ0) is 9.24. The molecule has 0 amide bonds. The molecule has 0 bridgehead atoms. The molecule has 72 valence electrons. The maximum Gasteiger partial charge on any atom is 0 e. The average molecular weight is 554 g/mol. The predicted octanol–water partition coefficient (Wildman–Crippen LogP) is 4.68. The summed E-state index contributed by atoms with van der Waals surface area (Å²) in [6.07, 6.45) is 0. The Morgan fingerprint density at radius 3 is 0.833 bits per heavy atom. The van der Waals surface area contributed by atoms with Crippen molar-refractivity contribution in [1.29, 1.82) is 0 Å². The fourth-order valence-electron chi connectivity index (χ4n) is 2.12. The minimum atomic E-state index is -2.79. The molecule has 0 aliphatic heterocycles. The summed E-state index contributed by atoms with van der Waals surface area (Å²) in [5, 5.41) is 0. The molecule has 0 saturated heterocycles. The first-order valence-corrected chi connectivity index (χ1v) is 32.8. The number of hydrogen-bond donors (Lipinski definition) is 0. The molecule has 0 saturated carbocycles. The van der Waals surface area contributed by atoms with E-state index in [1.165, 1.54) is 15.7 Å². The molecule has 0 aromatic carbocycles. The molecule has 0 aromatic rings. The third-order valence-corrected chi connectivity index (χ3v) is 72.3. The molecule has 0 nitrogen and oxygen atoms in total. The molecule has 0 spiro atoms. The topological polar surface area (TPSA) is 0 Å². The molecule has 0 atom stereocenters. The van der Waals surface area contributed by atoms with Gasteiger partial charge in [0.2, 0.25) is 0 Å². The standard InChI is InChI=1S/4C2H5.2CH3.Hg.Pb/c4*1-2;;;;/h4*1H2,2H3;2*1H3;;. The Balaban J connectivity index is 0. The summed E-state index contributed by atoms with van der Waals surface area (Å²) in [4.78, 5) is 0. The van der Waals surface area contributed by atoms with E-state index < -0.39 is 18.4 Å². The summed E-state index contributed by atoms with van der Waals surface area (Å²) in [6.45, 7) is 9.67. The summed E-state index contributed by atoms with van der Waals surface area (Å²) >= 11 is -2.79. The molecule has 0 heterocycles. The van der Waals surface area contributed by atoms with E-state index in [0.29, 0.717) is 0 Å². The Bertz CT molecular complexity index is 124. The van der Waals surface area contributed by atoms with Gasteiger partial charge in [0.1, 0.15) is 0 Å². The Hall–Kier alpha value is 1.86. The van der Waals surface area contributed by atoms with Crippen LogP contribution in [0.15, 0.2) is 0 Å². The quantitative estimate of drug-likeness (QED) is 0.444. The third-order valence-electron chi connectivity index (χ3n) is 8.24. The van der Waals surface area contributed by atoms with Gasteiger partial charge in [0.05, 0.1) is 0 Å². The zero-order valence-corrected chi connectivity index (χ0v) is 19.4. The van der Waals surface area contributed by atoms with Gasteiger partial charge < -0.3 is 0 Å². The van der Waals surface area contributed by atoms with Crippen molar-refractivity contribution in [3.05, 3.63) is 0 Å². The Labute approximate surface area is 96.7 Å². The van der Waals surface area contributed by atoms with Crippen molar-refractivity contribution in [3.8, 4) is 0 Å². The van der Waals surface area contributed by atoms with Gasteiger partial charge in [0.15, 0.2) is 0 Å². The van der Waals surface area contributed by atoms with E-state index in [9.17, 15) is 0 Å². The first-order valence-electron chi connectivity index (χ1n) is 6.24. The summed E-state index contributed by atoms with van der Waals surface area (Å²) in [7, 11) is 0. The van der Waals surface area contributed by atoms with Gasteiger partial charge in [-0.15, -0.1) is 0 Å². The van der Waals surface area contributed by atoms with E-state index in [0.717, 1.165) is 0 Å². The zero-order valence-electron chi connectivity index (χ0n) is 10.0. The van der Waals surface area contributed by atoms with E-state index in [1.807, 2.05) is 0 Å². The van der Waals surface area contributed by atoms with Crippen molar-refractivity contribution < 1.29 is 18.4 Å². The third kappa shape index (κ3) is 2.93. The van der Waals surface area contributed by atoms with Crippen LogP contribution in [0.2, 0.25) is 24.6 Å². The van der Waals surface area contributed by atoms with Crippen LogP contribution in [-0.2, 0) is 18.4 Å². The van der Waals surface area contributed by atoms with Gasteiger partial charge in [-0.25, -0.2) is 0 Å². The van der Waals surface area contributed by atoms with Gasteiger partial charge in [-0.05, 0) is 0 Å². The van der Waals surface area contributed by atoms with Crippen molar-refractivity contribution in [2.24, 2.45) is 0 Å². The van der Waals surface area contributed by atoms with Crippen LogP contribution in [-0.4, -0.2) is 27.3 Å². The second-order valence-corrected chi connectivity index (χ2v) is 77.5. The van der Waals surface area contributed by atoms with Crippen LogP contribution < -0.4 is 0 Å². The number of rotatable bonds is 4. The van der Waals surface area contributed by atoms with Crippen LogP contribution in [0.5, 0.6) is 0 Å². The van der Waals surface area contributed by atoms with Gasteiger partial charge in [0.25, 0.3) is 0 Å². The SMILES string of the molecule is C[CH2][Hg]([CH3])([CH3])([CH2]C)([CH2]C)[CH2]C.[Pb]. The van der Waals surface area contributed by atoms with Gasteiger partial charge >= 0.3 is 70.7 Å². The molecular formula is C10H26HgPb. The first kappa shape index (κ1) is 16.3. The van der Waals surface area contributed by atoms with Crippen LogP contribution in [0.25, 0.3) is 0 Å². The van der Waals surface area contributed by atoms with Crippen LogP contribution in [0.1, 0.15) is 27.7 Å². The molecule has 12 heavy (non-hydrogen) atoms. The molecule has 0 aliphatic rings. The maximum absolute atomic E-state index is 2.79. The fourth-order valence-corrected chi connectivity index (χ4v) is 18.6. The average Bonchev–Trinajstić information content (AvgIpc) is 2.07. The Morgan fingerprint density at radius 1 is 0.667 bits per heavy atom. The monoisotopic (exact) mass is 556 g/mol. The van der Waals surface area contributed by atoms with Gasteiger partial charge in [0, 0.05) is 27.3 Å². The molecule has 0 unspecified atom stereocenters. The molecule has 0 fully saturated rings. The predicted molar refractivity (Wildman–Crippen MR) is 59.4 cm³/mol. The van der Waals surface area contributed by atoms with E-state index in [1.54, 1.807) is 0 Å².